The number of anilines is 6. The second kappa shape index (κ2) is 16.8. The van der Waals surface area contributed by atoms with Crippen LogP contribution in [0.3, 0.4) is 0 Å². The maximum absolute atomic E-state index is 2.41. The van der Waals surface area contributed by atoms with E-state index in [0.29, 0.717) is 0 Å². The lowest BCUT2D eigenvalue weighted by Crippen LogP contribution is -2.10. The smallest absolute Gasteiger partial charge is 0.0468 e. The standard InChI is InChI=1S/C64H44N2/c1-6-19-48(20-7-1)63-58-40-38-56(66(53-25-12-4-13-26-53)54-27-14-5-15-28-54)44-62(58)64(59-41-39-55(43-61(59)63)65(51-21-8-2-9-22-51)52-23-10-3-11-24-52)49-35-30-45(31-36-49)50-37-34-47-33-32-46-18-16-17-29-57(46)60(47)42-50/h1-44H. The van der Waals surface area contributed by atoms with Gasteiger partial charge in [0.2, 0.25) is 0 Å². The summed E-state index contributed by atoms with van der Waals surface area (Å²) in [5, 5.41) is 9.83. The molecule has 0 saturated carbocycles. The van der Waals surface area contributed by atoms with Crippen molar-refractivity contribution in [3.63, 3.8) is 0 Å². The number of hydrogen-bond donors (Lipinski definition) is 0. The average Bonchev–Trinajstić information content (AvgIpc) is 3.39. The van der Waals surface area contributed by atoms with E-state index in [4.69, 9.17) is 0 Å². The molecule has 0 saturated heterocycles. The summed E-state index contributed by atoms with van der Waals surface area (Å²) in [6.45, 7) is 0. The van der Waals surface area contributed by atoms with Crippen LogP contribution in [0.1, 0.15) is 0 Å². The maximum atomic E-state index is 2.41. The molecular weight excluding hydrogens is 797 g/mol. The van der Waals surface area contributed by atoms with Gasteiger partial charge in [0.25, 0.3) is 0 Å². The molecule has 0 aliphatic carbocycles. The van der Waals surface area contributed by atoms with E-state index < -0.39 is 0 Å². The Labute approximate surface area is 385 Å². The lowest BCUT2D eigenvalue weighted by molar-refractivity contribution is 1.29. The molecule has 0 atom stereocenters. The van der Waals surface area contributed by atoms with Gasteiger partial charge in [0.05, 0.1) is 0 Å². The van der Waals surface area contributed by atoms with E-state index in [1.165, 1.54) is 76.5 Å². The number of hydrogen-bond acceptors (Lipinski definition) is 2. The van der Waals surface area contributed by atoms with Crippen LogP contribution in [0.25, 0.3) is 76.5 Å². The van der Waals surface area contributed by atoms with Crippen molar-refractivity contribution >= 4 is 77.2 Å². The largest absolute Gasteiger partial charge is 0.310 e. The van der Waals surface area contributed by atoms with Gasteiger partial charge >= 0.3 is 0 Å². The highest BCUT2D eigenvalue weighted by Crippen LogP contribution is 2.48. The summed E-state index contributed by atoms with van der Waals surface area (Å²) in [6.07, 6.45) is 0. The molecule has 0 spiro atoms. The molecule has 0 unspecified atom stereocenters. The first kappa shape index (κ1) is 38.9. The van der Waals surface area contributed by atoms with Gasteiger partial charge in [0, 0.05) is 34.1 Å². The van der Waals surface area contributed by atoms with Crippen LogP contribution in [0.15, 0.2) is 267 Å². The van der Waals surface area contributed by atoms with Crippen LogP contribution in [-0.4, -0.2) is 0 Å². The maximum Gasteiger partial charge on any atom is 0.0468 e. The Morgan fingerprint density at radius 1 is 0.182 bits per heavy atom. The van der Waals surface area contributed by atoms with E-state index >= 15 is 0 Å². The van der Waals surface area contributed by atoms with Crippen molar-refractivity contribution in [1.29, 1.82) is 0 Å². The Kier molecular flexibility index (Phi) is 9.89. The van der Waals surface area contributed by atoms with E-state index in [0.717, 1.165) is 34.1 Å². The molecule has 0 aromatic heterocycles. The molecule has 310 valence electrons. The van der Waals surface area contributed by atoms with Crippen molar-refractivity contribution in [1.82, 2.24) is 0 Å². The van der Waals surface area contributed by atoms with Crippen LogP contribution >= 0.6 is 0 Å². The van der Waals surface area contributed by atoms with E-state index in [2.05, 4.69) is 277 Å². The van der Waals surface area contributed by atoms with Crippen molar-refractivity contribution in [3.8, 4) is 33.4 Å². The van der Waals surface area contributed by atoms with Gasteiger partial charge in [-0.05, 0) is 155 Å². The number of rotatable bonds is 9. The fraction of sp³-hybridized carbons (Fsp3) is 0. The van der Waals surface area contributed by atoms with E-state index in [1.54, 1.807) is 0 Å². The highest BCUT2D eigenvalue weighted by atomic mass is 15.1. The molecular formula is C64H44N2. The molecule has 66 heavy (non-hydrogen) atoms. The lowest BCUT2D eigenvalue weighted by Gasteiger charge is -2.28. The van der Waals surface area contributed by atoms with Crippen LogP contribution < -0.4 is 9.80 Å². The summed E-state index contributed by atoms with van der Waals surface area (Å²) in [7, 11) is 0. The van der Waals surface area contributed by atoms with Crippen LogP contribution in [0.5, 0.6) is 0 Å². The first-order valence-electron chi connectivity index (χ1n) is 22.7. The number of para-hydroxylation sites is 4. The van der Waals surface area contributed by atoms with Crippen LogP contribution in [0, 0.1) is 0 Å². The van der Waals surface area contributed by atoms with Gasteiger partial charge in [-0.15, -0.1) is 0 Å². The van der Waals surface area contributed by atoms with Crippen LogP contribution in [-0.2, 0) is 0 Å². The van der Waals surface area contributed by atoms with Gasteiger partial charge in [-0.2, -0.15) is 0 Å². The third-order valence-electron chi connectivity index (χ3n) is 13.0. The van der Waals surface area contributed by atoms with Gasteiger partial charge in [0.15, 0.2) is 0 Å². The Bertz CT molecular complexity index is 3590. The quantitative estimate of drug-likeness (QED) is 0.106. The third kappa shape index (κ3) is 7.02. The molecule has 0 aliphatic heterocycles. The number of nitrogens with zero attached hydrogens (tertiary/aromatic N) is 2. The molecule has 12 aromatic rings. The lowest BCUT2D eigenvalue weighted by atomic mass is 9.85. The van der Waals surface area contributed by atoms with E-state index in [-0.39, 0.29) is 0 Å². The zero-order chi connectivity index (χ0) is 43.8. The Balaban J connectivity index is 1.12. The molecule has 12 aromatic carbocycles. The van der Waals surface area contributed by atoms with Gasteiger partial charge in [-0.3, -0.25) is 0 Å². The zero-order valence-corrected chi connectivity index (χ0v) is 36.3. The molecule has 0 aliphatic rings. The monoisotopic (exact) mass is 840 g/mol. The van der Waals surface area contributed by atoms with Crippen LogP contribution in [0.2, 0.25) is 0 Å². The summed E-state index contributed by atoms with van der Waals surface area (Å²) in [6, 6.07) is 97.0. The molecule has 0 fully saturated rings. The molecule has 0 radical (unpaired) electrons. The second-order valence-electron chi connectivity index (χ2n) is 16.9. The van der Waals surface area contributed by atoms with Crippen molar-refractivity contribution in [2.75, 3.05) is 9.80 Å². The Hall–Kier alpha value is -8.72. The van der Waals surface area contributed by atoms with Crippen molar-refractivity contribution in [2.45, 2.75) is 0 Å². The summed E-state index contributed by atoms with van der Waals surface area (Å²) in [4.78, 5) is 4.73. The Morgan fingerprint density at radius 2 is 0.545 bits per heavy atom. The summed E-state index contributed by atoms with van der Waals surface area (Å²) < 4.78 is 0. The molecule has 0 heterocycles. The summed E-state index contributed by atoms with van der Waals surface area (Å²) in [5.74, 6) is 0. The molecule has 2 nitrogen and oxygen atoms in total. The zero-order valence-electron chi connectivity index (χ0n) is 36.3. The first-order valence-corrected chi connectivity index (χ1v) is 22.7. The van der Waals surface area contributed by atoms with Crippen molar-refractivity contribution in [2.24, 2.45) is 0 Å². The highest BCUT2D eigenvalue weighted by molar-refractivity contribution is 6.23. The average molecular weight is 841 g/mol. The summed E-state index contributed by atoms with van der Waals surface area (Å²) >= 11 is 0. The highest BCUT2D eigenvalue weighted by Gasteiger charge is 2.22. The topological polar surface area (TPSA) is 6.48 Å². The fourth-order valence-corrected chi connectivity index (χ4v) is 9.92. The van der Waals surface area contributed by atoms with Crippen molar-refractivity contribution in [3.05, 3.63) is 267 Å². The fourth-order valence-electron chi connectivity index (χ4n) is 9.92. The molecule has 12 rings (SSSR count). The minimum absolute atomic E-state index is 1.09. The van der Waals surface area contributed by atoms with E-state index in [9.17, 15) is 0 Å². The van der Waals surface area contributed by atoms with E-state index in [1.807, 2.05) is 0 Å². The van der Waals surface area contributed by atoms with Gasteiger partial charge < -0.3 is 9.80 Å². The Morgan fingerprint density at radius 3 is 1.03 bits per heavy atom. The molecule has 0 amide bonds. The predicted octanol–water partition coefficient (Wildman–Crippen LogP) is 18.2. The molecule has 0 N–H and O–H groups in total. The molecule has 0 bridgehead atoms. The predicted molar refractivity (Wildman–Crippen MR) is 282 cm³/mol. The minimum Gasteiger partial charge on any atom is -0.310 e. The first-order chi connectivity index (χ1) is 32.7. The second-order valence-corrected chi connectivity index (χ2v) is 16.9. The van der Waals surface area contributed by atoms with Gasteiger partial charge in [0.1, 0.15) is 0 Å². The number of benzene rings is 12. The molecule has 2 heteroatoms. The minimum atomic E-state index is 1.09. The number of fused-ring (bicyclic) bond motifs is 5. The SMILES string of the molecule is c1ccc(-c2c3ccc(N(c4ccccc4)c4ccccc4)cc3c(-c3ccc(-c4ccc5ccc6ccccc6c5c4)cc3)c3ccc(N(c4ccccc4)c4ccccc4)cc23)cc1. The normalized spacial score (nSPS) is 11.3. The third-order valence-corrected chi connectivity index (χ3v) is 13.0. The van der Waals surface area contributed by atoms with Crippen molar-refractivity contribution < 1.29 is 0 Å². The van der Waals surface area contributed by atoms with Crippen LogP contribution in [0.4, 0.5) is 34.1 Å². The van der Waals surface area contributed by atoms with Gasteiger partial charge in [-0.25, -0.2) is 0 Å². The summed E-state index contributed by atoms with van der Waals surface area (Å²) in [5.41, 5.74) is 13.8. The van der Waals surface area contributed by atoms with Gasteiger partial charge in [-0.1, -0.05) is 188 Å².